The van der Waals surface area contributed by atoms with Crippen LogP contribution in [0.3, 0.4) is 0 Å². The molecule has 0 radical (unpaired) electrons. The van der Waals surface area contributed by atoms with E-state index in [9.17, 15) is 0 Å². The van der Waals surface area contributed by atoms with Crippen molar-refractivity contribution in [3.63, 3.8) is 0 Å². The Morgan fingerprint density at radius 3 is 2.52 bits per heavy atom. The van der Waals surface area contributed by atoms with E-state index in [4.69, 9.17) is 4.98 Å². The van der Waals surface area contributed by atoms with Crippen molar-refractivity contribution in [2.45, 2.75) is 50.0 Å². The maximum atomic E-state index is 4.94. The Morgan fingerprint density at radius 2 is 1.80 bits per heavy atom. The lowest BCUT2D eigenvalue weighted by molar-refractivity contribution is 0.461. The second-order valence-electron chi connectivity index (χ2n) is 6.95. The van der Waals surface area contributed by atoms with E-state index in [1.165, 1.54) is 48.1 Å². The minimum absolute atomic E-state index is 0.554. The van der Waals surface area contributed by atoms with Crippen LogP contribution in [0, 0.1) is 6.92 Å². The van der Waals surface area contributed by atoms with Gasteiger partial charge in [-0.1, -0.05) is 37.5 Å². The first-order chi connectivity index (χ1) is 12.2. The molecule has 1 aliphatic carbocycles. The van der Waals surface area contributed by atoms with Crippen molar-refractivity contribution in [3.8, 4) is 11.3 Å². The minimum Gasteiger partial charge on any atom is -0.367 e. The van der Waals surface area contributed by atoms with Gasteiger partial charge in [-0.15, -0.1) is 11.8 Å². The van der Waals surface area contributed by atoms with Crippen molar-refractivity contribution >= 4 is 23.2 Å². The molecule has 3 nitrogen and oxygen atoms in total. The number of aryl methyl sites for hydroxylation is 1. The van der Waals surface area contributed by atoms with Gasteiger partial charge in [0.25, 0.3) is 0 Å². The van der Waals surface area contributed by atoms with E-state index >= 15 is 0 Å². The predicted molar refractivity (Wildman–Crippen MR) is 108 cm³/mol. The summed E-state index contributed by atoms with van der Waals surface area (Å²) in [5.74, 6) is 1.14. The monoisotopic (exact) mass is 351 g/mol. The molecule has 130 valence electrons. The number of hydrogen-bond acceptors (Lipinski definition) is 3. The summed E-state index contributed by atoms with van der Waals surface area (Å²) < 4.78 is 2.22. The zero-order valence-electron chi connectivity index (χ0n) is 15.0. The first kappa shape index (κ1) is 16.5. The third kappa shape index (κ3) is 3.40. The molecule has 1 saturated carbocycles. The number of aromatic nitrogens is 2. The van der Waals surface area contributed by atoms with E-state index in [0.717, 1.165) is 17.2 Å². The quantitative estimate of drug-likeness (QED) is 0.605. The number of thioether (sulfide) groups is 1. The fraction of sp³-hybridized carbons (Fsp3) is 0.381. The Kier molecular flexibility index (Phi) is 4.71. The van der Waals surface area contributed by atoms with E-state index in [-0.39, 0.29) is 0 Å². The highest BCUT2D eigenvalue weighted by atomic mass is 32.2. The minimum atomic E-state index is 0.554. The fourth-order valence-electron chi connectivity index (χ4n) is 3.68. The number of nitrogens with one attached hydrogen (secondary N) is 1. The second kappa shape index (κ2) is 7.12. The molecule has 0 amide bonds. The second-order valence-corrected chi connectivity index (χ2v) is 7.83. The predicted octanol–water partition coefficient (Wildman–Crippen LogP) is 5.78. The lowest BCUT2D eigenvalue weighted by Crippen LogP contribution is -2.23. The van der Waals surface area contributed by atoms with Gasteiger partial charge < -0.3 is 5.32 Å². The summed E-state index contributed by atoms with van der Waals surface area (Å²) in [6.07, 6.45) is 10.8. The first-order valence-corrected chi connectivity index (χ1v) is 10.4. The van der Waals surface area contributed by atoms with Crippen molar-refractivity contribution in [2.24, 2.45) is 0 Å². The van der Waals surface area contributed by atoms with Gasteiger partial charge in [-0.3, -0.25) is 4.40 Å². The summed E-state index contributed by atoms with van der Waals surface area (Å²) in [5, 5.41) is 3.82. The largest absolute Gasteiger partial charge is 0.367 e. The number of fused-ring (bicyclic) bond motifs is 1. The molecule has 1 aliphatic rings. The van der Waals surface area contributed by atoms with Crippen molar-refractivity contribution in [3.05, 3.63) is 48.2 Å². The number of imidazole rings is 1. The molecule has 1 fully saturated rings. The van der Waals surface area contributed by atoms with Crippen LogP contribution in [0.2, 0.25) is 0 Å². The Morgan fingerprint density at radius 1 is 1.04 bits per heavy atom. The molecule has 0 spiro atoms. The molecular formula is C21H25N3S. The van der Waals surface area contributed by atoms with Crippen LogP contribution in [0.25, 0.3) is 16.9 Å². The highest BCUT2D eigenvalue weighted by Crippen LogP contribution is 2.32. The molecule has 3 aromatic rings. The van der Waals surface area contributed by atoms with Gasteiger partial charge in [0.1, 0.15) is 17.2 Å². The molecule has 1 aromatic carbocycles. The maximum Gasteiger partial charge on any atom is 0.139 e. The van der Waals surface area contributed by atoms with E-state index in [1.807, 2.05) is 0 Å². The van der Waals surface area contributed by atoms with Crippen LogP contribution >= 0.6 is 11.8 Å². The van der Waals surface area contributed by atoms with Crippen LogP contribution in [-0.2, 0) is 0 Å². The Labute approximate surface area is 153 Å². The zero-order valence-corrected chi connectivity index (χ0v) is 15.8. The molecular weight excluding hydrogens is 326 g/mol. The zero-order chi connectivity index (χ0) is 17.2. The van der Waals surface area contributed by atoms with E-state index < -0.39 is 0 Å². The SMILES string of the molecule is CSc1ccc(-c2nc3ccc(C)cn3c2NC2CCCCC2)cc1. The van der Waals surface area contributed by atoms with Crippen LogP contribution < -0.4 is 5.32 Å². The molecule has 0 bridgehead atoms. The van der Waals surface area contributed by atoms with Crippen LogP contribution in [0.4, 0.5) is 5.82 Å². The topological polar surface area (TPSA) is 29.3 Å². The van der Waals surface area contributed by atoms with Crippen molar-refractivity contribution in [1.29, 1.82) is 0 Å². The van der Waals surface area contributed by atoms with Crippen LogP contribution in [-0.4, -0.2) is 21.7 Å². The van der Waals surface area contributed by atoms with Gasteiger partial charge in [0.2, 0.25) is 0 Å². The van der Waals surface area contributed by atoms with Crippen molar-refractivity contribution in [1.82, 2.24) is 9.38 Å². The average molecular weight is 352 g/mol. The summed E-state index contributed by atoms with van der Waals surface area (Å²) in [7, 11) is 0. The molecule has 1 N–H and O–H groups in total. The number of benzene rings is 1. The standard InChI is InChI=1S/C21H25N3S/c1-15-8-13-19-23-20(16-9-11-18(25-2)12-10-16)21(24(19)14-15)22-17-6-4-3-5-7-17/h8-14,17,22H,3-7H2,1-2H3. The third-order valence-electron chi connectivity index (χ3n) is 5.08. The molecule has 25 heavy (non-hydrogen) atoms. The van der Waals surface area contributed by atoms with Gasteiger partial charge in [-0.05, 0) is 49.8 Å². The molecule has 4 rings (SSSR count). The summed E-state index contributed by atoms with van der Waals surface area (Å²) in [5.41, 5.74) is 4.50. The Balaban J connectivity index is 1.79. The van der Waals surface area contributed by atoms with Gasteiger partial charge in [0, 0.05) is 22.7 Å². The van der Waals surface area contributed by atoms with Crippen LogP contribution in [0.15, 0.2) is 47.5 Å². The Bertz CT molecular complexity index is 861. The van der Waals surface area contributed by atoms with E-state index in [0.29, 0.717) is 6.04 Å². The number of hydrogen-bond donors (Lipinski definition) is 1. The lowest BCUT2D eigenvalue weighted by atomic mass is 9.95. The normalized spacial score (nSPS) is 15.6. The molecule has 0 saturated heterocycles. The molecule has 0 unspecified atom stereocenters. The van der Waals surface area contributed by atoms with Gasteiger partial charge in [-0.2, -0.15) is 0 Å². The molecule has 0 aliphatic heterocycles. The molecule has 2 heterocycles. The summed E-state index contributed by atoms with van der Waals surface area (Å²) >= 11 is 1.77. The number of nitrogens with zero attached hydrogens (tertiary/aromatic N) is 2. The smallest absolute Gasteiger partial charge is 0.139 e. The summed E-state index contributed by atoms with van der Waals surface area (Å²) in [6.45, 7) is 2.14. The summed E-state index contributed by atoms with van der Waals surface area (Å²) in [4.78, 5) is 6.22. The van der Waals surface area contributed by atoms with Gasteiger partial charge in [-0.25, -0.2) is 4.98 Å². The fourth-order valence-corrected chi connectivity index (χ4v) is 4.09. The molecule has 2 aromatic heterocycles. The highest BCUT2D eigenvalue weighted by molar-refractivity contribution is 7.98. The van der Waals surface area contributed by atoms with Crippen LogP contribution in [0.5, 0.6) is 0 Å². The van der Waals surface area contributed by atoms with Gasteiger partial charge in [0.05, 0.1) is 0 Å². The van der Waals surface area contributed by atoms with E-state index in [2.05, 4.69) is 65.5 Å². The molecule has 0 atom stereocenters. The van der Waals surface area contributed by atoms with Gasteiger partial charge in [0.15, 0.2) is 0 Å². The third-order valence-corrected chi connectivity index (χ3v) is 5.82. The van der Waals surface area contributed by atoms with Crippen molar-refractivity contribution in [2.75, 3.05) is 11.6 Å². The van der Waals surface area contributed by atoms with Gasteiger partial charge >= 0.3 is 0 Å². The van der Waals surface area contributed by atoms with Crippen molar-refractivity contribution < 1.29 is 0 Å². The first-order valence-electron chi connectivity index (χ1n) is 9.14. The average Bonchev–Trinajstić information content (AvgIpc) is 3.00. The maximum absolute atomic E-state index is 4.94. The van der Waals surface area contributed by atoms with Crippen LogP contribution in [0.1, 0.15) is 37.7 Å². The lowest BCUT2D eigenvalue weighted by Gasteiger charge is -2.24. The summed E-state index contributed by atoms with van der Waals surface area (Å²) in [6, 6.07) is 13.5. The number of rotatable bonds is 4. The number of pyridine rings is 1. The highest BCUT2D eigenvalue weighted by Gasteiger charge is 2.19. The Hall–Kier alpha value is -1.94. The molecule has 4 heteroatoms. The van der Waals surface area contributed by atoms with E-state index in [1.54, 1.807) is 11.8 Å². The number of anilines is 1.